The quantitative estimate of drug-likeness (QED) is 0.772. The lowest BCUT2D eigenvalue weighted by Gasteiger charge is -2.35. The Morgan fingerprint density at radius 1 is 1.08 bits per heavy atom. The summed E-state index contributed by atoms with van der Waals surface area (Å²) in [6, 6.07) is 19.2. The van der Waals surface area contributed by atoms with Crippen molar-refractivity contribution in [3.63, 3.8) is 0 Å². The highest BCUT2D eigenvalue weighted by atomic mass is 16.5. The van der Waals surface area contributed by atoms with E-state index in [1.54, 1.807) is 0 Å². The molecule has 0 aromatic heterocycles. The zero-order valence-electron chi connectivity index (χ0n) is 15.3. The summed E-state index contributed by atoms with van der Waals surface area (Å²) in [5.41, 5.74) is 3.12. The third kappa shape index (κ3) is 3.21. The number of ether oxygens (including phenoxy) is 1. The molecule has 0 radical (unpaired) electrons. The predicted octanol–water partition coefficient (Wildman–Crippen LogP) is 4.24. The predicted molar refractivity (Wildman–Crippen MR) is 103 cm³/mol. The van der Waals surface area contributed by atoms with Crippen molar-refractivity contribution >= 4 is 11.7 Å². The number of fused-ring (bicyclic) bond motifs is 1. The molecule has 0 saturated carbocycles. The second-order valence-electron chi connectivity index (χ2n) is 7.09. The third-order valence-corrected chi connectivity index (χ3v) is 5.50. The largest absolute Gasteiger partial charge is 0.462 e. The fraction of sp³-hybridized carbons (Fsp3) is 0.409. The summed E-state index contributed by atoms with van der Waals surface area (Å²) in [5.74, 6) is -0.252. The van der Waals surface area contributed by atoms with Gasteiger partial charge in [0.15, 0.2) is 0 Å². The fourth-order valence-corrected chi connectivity index (χ4v) is 4.29. The minimum Gasteiger partial charge on any atom is -0.462 e. The summed E-state index contributed by atoms with van der Waals surface area (Å²) in [6.07, 6.45) is 4.13. The molecule has 0 N–H and O–H groups in total. The Balaban J connectivity index is 1.64. The zero-order valence-corrected chi connectivity index (χ0v) is 15.3. The normalized spacial score (nSPS) is 22.9. The van der Waals surface area contributed by atoms with Crippen molar-refractivity contribution in [1.29, 1.82) is 0 Å². The first-order chi connectivity index (χ1) is 12.8. The maximum absolute atomic E-state index is 11.9. The lowest BCUT2D eigenvalue weighted by molar-refractivity contribution is 0.0526. The van der Waals surface area contributed by atoms with Gasteiger partial charge in [-0.1, -0.05) is 36.8 Å². The van der Waals surface area contributed by atoms with E-state index in [1.165, 1.54) is 30.5 Å². The molecule has 2 atom stereocenters. The van der Waals surface area contributed by atoms with E-state index in [2.05, 4.69) is 52.3 Å². The van der Waals surface area contributed by atoms with E-state index in [0.29, 0.717) is 18.2 Å². The molecule has 0 amide bonds. The lowest BCUT2D eigenvalue weighted by Crippen LogP contribution is -2.37. The summed E-state index contributed by atoms with van der Waals surface area (Å²) in [7, 11) is 0. The second kappa shape index (κ2) is 7.50. The Morgan fingerprint density at radius 2 is 1.85 bits per heavy atom. The van der Waals surface area contributed by atoms with E-state index in [0.717, 1.165) is 13.1 Å². The van der Waals surface area contributed by atoms with Gasteiger partial charge >= 0.3 is 5.97 Å². The van der Waals surface area contributed by atoms with Crippen LogP contribution >= 0.6 is 0 Å². The average Bonchev–Trinajstić information content (AvgIpc) is 3.08. The number of carbonyl (C=O) groups excluding carboxylic acids is 1. The molecule has 4 heteroatoms. The summed E-state index contributed by atoms with van der Waals surface area (Å²) in [5, 5.41) is 0. The summed E-state index contributed by atoms with van der Waals surface area (Å²) >= 11 is 0. The van der Waals surface area contributed by atoms with Crippen LogP contribution in [0.2, 0.25) is 0 Å². The highest BCUT2D eigenvalue weighted by Crippen LogP contribution is 2.40. The van der Waals surface area contributed by atoms with Crippen LogP contribution in [-0.4, -0.2) is 36.6 Å². The minimum absolute atomic E-state index is 0.252. The van der Waals surface area contributed by atoms with Crippen molar-refractivity contribution in [1.82, 2.24) is 4.90 Å². The maximum Gasteiger partial charge on any atom is 0.338 e. The lowest BCUT2D eigenvalue weighted by atomic mass is 10.0. The van der Waals surface area contributed by atoms with Crippen LogP contribution in [-0.2, 0) is 4.74 Å². The Hall–Kier alpha value is -2.33. The van der Waals surface area contributed by atoms with E-state index < -0.39 is 0 Å². The summed E-state index contributed by atoms with van der Waals surface area (Å²) in [6.45, 7) is 4.43. The van der Waals surface area contributed by atoms with Gasteiger partial charge in [0, 0.05) is 24.8 Å². The molecule has 26 heavy (non-hydrogen) atoms. The molecule has 0 bridgehead atoms. The smallest absolute Gasteiger partial charge is 0.338 e. The molecule has 4 nitrogen and oxygen atoms in total. The van der Waals surface area contributed by atoms with Crippen molar-refractivity contribution in [2.24, 2.45) is 0 Å². The number of piperidine rings is 1. The van der Waals surface area contributed by atoms with Gasteiger partial charge in [-0.2, -0.15) is 0 Å². The highest BCUT2D eigenvalue weighted by Gasteiger charge is 2.41. The first-order valence-electron chi connectivity index (χ1n) is 9.62. The molecule has 4 rings (SSSR count). The van der Waals surface area contributed by atoms with E-state index in [4.69, 9.17) is 4.74 Å². The van der Waals surface area contributed by atoms with Crippen LogP contribution in [0.25, 0.3) is 0 Å². The molecule has 0 spiro atoms. The number of esters is 1. The van der Waals surface area contributed by atoms with Crippen LogP contribution < -0.4 is 4.90 Å². The molecule has 2 aromatic carbocycles. The molecule has 2 aliphatic rings. The number of hydrogen-bond acceptors (Lipinski definition) is 4. The number of rotatable bonds is 4. The topological polar surface area (TPSA) is 32.8 Å². The number of anilines is 1. The number of nitrogens with zero attached hydrogens (tertiary/aromatic N) is 2. The van der Waals surface area contributed by atoms with Crippen LogP contribution in [0.4, 0.5) is 5.69 Å². The van der Waals surface area contributed by atoms with Crippen LogP contribution in [0.5, 0.6) is 0 Å². The minimum atomic E-state index is -0.252. The monoisotopic (exact) mass is 350 g/mol. The molecule has 2 saturated heterocycles. The number of carbonyl (C=O) groups is 1. The van der Waals surface area contributed by atoms with Crippen LogP contribution in [0.3, 0.4) is 0 Å². The highest BCUT2D eigenvalue weighted by molar-refractivity contribution is 5.89. The molecule has 2 unspecified atom stereocenters. The van der Waals surface area contributed by atoms with Crippen molar-refractivity contribution in [3.05, 3.63) is 65.7 Å². The Labute approximate surface area is 155 Å². The van der Waals surface area contributed by atoms with Gasteiger partial charge in [-0.05, 0) is 49.6 Å². The van der Waals surface area contributed by atoms with Crippen LogP contribution in [0.1, 0.15) is 48.3 Å². The third-order valence-electron chi connectivity index (χ3n) is 5.50. The van der Waals surface area contributed by atoms with E-state index in [1.807, 2.05) is 19.1 Å². The maximum atomic E-state index is 11.9. The second-order valence-corrected chi connectivity index (χ2v) is 7.09. The first-order valence-corrected chi connectivity index (χ1v) is 9.62. The van der Waals surface area contributed by atoms with Crippen molar-refractivity contribution < 1.29 is 9.53 Å². The van der Waals surface area contributed by atoms with E-state index in [-0.39, 0.29) is 12.1 Å². The molecule has 136 valence electrons. The fourth-order valence-electron chi connectivity index (χ4n) is 4.29. The van der Waals surface area contributed by atoms with Gasteiger partial charge in [0.2, 0.25) is 0 Å². The summed E-state index contributed by atoms with van der Waals surface area (Å²) < 4.78 is 5.10. The SMILES string of the molecule is CCOC(=O)c1ccc(N2CC3CCCCN3C2c2ccccc2)cc1. The van der Waals surface area contributed by atoms with Crippen molar-refractivity contribution in [3.8, 4) is 0 Å². The molecule has 2 aliphatic heterocycles. The van der Waals surface area contributed by atoms with E-state index >= 15 is 0 Å². The van der Waals surface area contributed by atoms with Crippen LogP contribution in [0, 0.1) is 0 Å². The van der Waals surface area contributed by atoms with Gasteiger partial charge in [-0.3, -0.25) is 4.90 Å². The van der Waals surface area contributed by atoms with Crippen LogP contribution in [0.15, 0.2) is 54.6 Å². The van der Waals surface area contributed by atoms with Gasteiger partial charge in [-0.15, -0.1) is 0 Å². The van der Waals surface area contributed by atoms with Crippen molar-refractivity contribution in [2.45, 2.75) is 38.4 Å². The van der Waals surface area contributed by atoms with Gasteiger partial charge in [-0.25, -0.2) is 4.79 Å². The van der Waals surface area contributed by atoms with Gasteiger partial charge < -0.3 is 9.64 Å². The zero-order chi connectivity index (χ0) is 17.9. The molecular formula is C22H26N2O2. The average molecular weight is 350 g/mol. The molecule has 0 aliphatic carbocycles. The van der Waals surface area contributed by atoms with E-state index in [9.17, 15) is 4.79 Å². The van der Waals surface area contributed by atoms with Crippen molar-refractivity contribution in [2.75, 3.05) is 24.6 Å². The van der Waals surface area contributed by atoms with Gasteiger partial charge in [0.25, 0.3) is 0 Å². The molecular weight excluding hydrogens is 324 g/mol. The standard InChI is InChI=1S/C22H26N2O2/c1-2-26-22(25)18-11-13-19(14-12-18)24-16-20-10-6-7-15-23(20)21(24)17-8-4-3-5-9-17/h3-5,8-9,11-14,20-21H,2,6-7,10,15-16H2,1H3. The Kier molecular flexibility index (Phi) is 4.93. The first kappa shape index (κ1) is 17.1. The molecule has 2 fully saturated rings. The Morgan fingerprint density at radius 3 is 2.58 bits per heavy atom. The summed E-state index contributed by atoms with van der Waals surface area (Å²) in [4.78, 5) is 17.1. The van der Waals surface area contributed by atoms with Gasteiger partial charge in [0.05, 0.1) is 12.2 Å². The number of hydrogen-bond donors (Lipinski definition) is 0. The van der Waals surface area contributed by atoms with Gasteiger partial charge in [0.1, 0.15) is 6.17 Å². The molecule has 2 heterocycles. The Bertz CT molecular complexity index is 744. The number of benzene rings is 2. The molecule has 2 aromatic rings.